The van der Waals surface area contributed by atoms with E-state index < -0.39 is 0 Å². The van der Waals surface area contributed by atoms with Crippen molar-refractivity contribution in [2.45, 2.75) is 6.92 Å². The zero-order valence-corrected chi connectivity index (χ0v) is 15.4. The van der Waals surface area contributed by atoms with E-state index in [0.717, 1.165) is 25.9 Å². The van der Waals surface area contributed by atoms with Crippen LogP contribution in [0.4, 0.5) is 4.39 Å². The van der Waals surface area contributed by atoms with E-state index in [-0.39, 0.29) is 5.83 Å². The van der Waals surface area contributed by atoms with Crippen molar-refractivity contribution in [3.63, 3.8) is 0 Å². The Kier molecular flexibility index (Phi) is 5.07. The van der Waals surface area contributed by atoms with Crippen LogP contribution < -0.4 is 0 Å². The van der Waals surface area contributed by atoms with E-state index in [4.69, 9.17) is 0 Å². The van der Waals surface area contributed by atoms with Gasteiger partial charge in [-0.25, -0.2) is 8.97 Å². The third-order valence-corrected chi connectivity index (χ3v) is 5.62. The molecule has 0 saturated heterocycles. The van der Waals surface area contributed by atoms with Gasteiger partial charge in [-0.2, -0.15) is 0 Å². The van der Waals surface area contributed by atoms with Crippen molar-refractivity contribution in [1.29, 1.82) is 0 Å². The molecule has 1 aliphatic carbocycles. The highest BCUT2D eigenvalue weighted by Gasteiger charge is 2.30. The second-order valence-corrected chi connectivity index (χ2v) is 7.19. The lowest BCUT2D eigenvalue weighted by molar-refractivity contribution is -0.462. The summed E-state index contributed by atoms with van der Waals surface area (Å²) in [6.07, 6.45) is 3.40. The first-order chi connectivity index (χ1) is 9.86. The number of halogens is 2. The van der Waals surface area contributed by atoms with Crippen LogP contribution in [0, 0.1) is 0 Å². The van der Waals surface area contributed by atoms with E-state index >= 15 is 0 Å². The molecule has 0 aliphatic heterocycles. The molecule has 0 N–H and O–H groups in total. The number of thiol groups is 1. The standard InChI is InChI=1S/C16H15BrFNS2/c1-5-12(20)13-6-7-14(21-13)15-11(18)8-10(17)9(2)16(15)19(3)4/h5-8H,2H2,1,3-4H3/p+1. The summed E-state index contributed by atoms with van der Waals surface area (Å²) in [5.41, 5.74) is 2.15. The van der Waals surface area contributed by atoms with Crippen LogP contribution in [0.5, 0.6) is 0 Å². The largest absolute Gasteiger partial charge is 0.234 e. The molecule has 1 heterocycles. The quantitative estimate of drug-likeness (QED) is 0.521. The number of rotatable bonds is 2. The van der Waals surface area contributed by atoms with Crippen molar-refractivity contribution in [2.24, 2.45) is 0 Å². The van der Waals surface area contributed by atoms with Crippen molar-refractivity contribution in [3.8, 4) is 0 Å². The van der Waals surface area contributed by atoms with Crippen LogP contribution in [0.3, 0.4) is 0 Å². The van der Waals surface area contributed by atoms with Crippen molar-refractivity contribution in [1.82, 2.24) is 0 Å². The van der Waals surface area contributed by atoms with Crippen molar-refractivity contribution in [2.75, 3.05) is 14.1 Å². The second-order valence-electron chi connectivity index (χ2n) is 4.77. The summed E-state index contributed by atoms with van der Waals surface area (Å²) in [4.78, 5) is 2.79. The Morgan fingerprint density at radius 1 is 1.43 bits per heavy atom. The van der Waals surface area contributed by atoms with Crippen molar-refractivity contribution in [3.05, 3.63) is 56.5 Å². The van der Waals surface area contributed by atoms with E-state index in [9.17, 15) is 4.39 Å². The minimum absolute atomic E-state index is 0.257. The zero-order valence-electron chi connectivity index (χ0n) is 12.1. The summed E-state index contributed by atoms with van der Waals surface area (Å²) >= 11 is 9.31. The third-order valence-electron chi connectivity index (χ3n) is 3.13. The van der Waals surface area contributed by atoms with E-state index in [2.05, 4.69) is 35.1 Å². The lowest BCUT2D eigenvalue weighted by atomic mass is 9.96. The first kappa shape index (κ1) is 16.5. The normalized spacial score (nSPS) is 16.5. The summed E-state index contributed by atoms with van der Waals surface area (Å²) in [6.45, 7) is 5.98. The Morgan fingerprint density at radius 3 is 2.67 bits per heavy atom. The molecule has 1 nitrogen and oxygen atoms in total. The molecule has 0 unspecified atom stereocenters. The summed E-state index contributed by atoms with van der Waals surface area (Å²) in [5.74, 6) is -0.257. The fourth-order valence-corrected chi connectivity index (χ4v) is 3.76. The molecule has 0 fully saturated rings. The smallest absolute Gasteiger partial charge is 0.219 e. The van der Waals surface area contributed by atoms with Crippen molar-refractivity contribution >= 4 is 56.1 Å². The van der Waals surface area contributed by atoms with Gasteiger partial charge in [0.25, 0.3) is 0 Å². The van der Waals surface area contributed by atoms with Crippen LogP contribution >= 0.6 is 39.9 Å². The van der Waals surface area contributed by atoms with Crippen LogP contribution in [0.15, 0.2) is 46.7 Å². The van der Waals surface area contributed by atoms with Crippen LogP contribution in [-0.4, -0.2) is 24.4 Å². The molecule has 0 amide bonds. The molecule has 0 saturated carbocycles. The number of thiophene rings is 1. The van der Waals surface area contributed by atoms with Crippen LogP contribution in [0.2, 0.25) is 0 Å². The Labute approximate surface area is 142 Å². The lowest BCUT2D eigenvalue weighted by Crippen LogP contribution is -2.20. The molecule has 0 bridgehead atoms. The lowest BCUT2D eigenvalue weighted by Gasteiger charge is -2.15. The molecule has 2 rings (SSSR count). The number of hydrogen-bond acceptors (Lipinski definition) is 2. The molecule has 0 spiro atoms. The van der Waals surface area contributed by atoms with E-state index in [1.54, 1.807) is 0 Å². The molecule has 0 radical (unpaired) electrons. The minimum Gasteiger partial charge on any atom is -0.234 e. The maximum atomic E-state index is 14.5. The van der Waals surface area contributed by atoms with Gasteiger partial charge in [0.05, 0.1) is 11.1 Å². The Balaban J connectivity index is 2.64. The zero-order chi connectivity index (χ0) is 15.7. The molecule has 1 aliphatic rings. The summed E-state index contributed by atoms with van der Waals surface area (Å²) < 4.78 is 17.1. The minimum atomic E-state index is -0.257. The highest BCUT2D eigenvalue weighted by molar-refractivity contribution is 9.12. The predicted octanol–water partition coefficient (Wildman–Crippen LogP) is 5.28. The fourth-order valence-electron chi connectivity index (χ4n) is 2.13. The van der Waals surface area contributed by atoms with Gasteiger partial charge in [0.2, 0.25) is 5.71 Å². The fraction of sp³-hybridized carbons (Fsp3) is 0.188. The molecule has 5 heteroatoms. The summed E-state index contributed by atoms with van der Waals surface area (Å²) in [7, 11) is 3.79. The van der Waals surface area contributed by atoms with Gasteiger partial charge in [0, 0.05) is 19.1 Å². The first-order valence-electron chi connectivity index (χ1n) is 6.34. The molecule has 0 aromatic carbocycles. The number of hydrogen-bond donors (Lipinski definition) is 1. The Morgan fingerprint density at radius 2 is 2.10 bits per heavy atom. The van der Waals surface area contributed by atoms with Gasteiger partial charge in [-0.15, -0.1) is 24.0 Å². The monoisotopic (exact) mass is 384 g/mol. The van der Waals surface area contributed by atoms with E-state index in [1.165, 1.54) is 17.4 Å². The van der Waals surface area contributed by atoms with E-state index in [1.807, 2.05) is 43.8 Å². The Hall–Kier alpha value is -0.910. The first-order valence-corrected chi connectivity index (χ1v) is 8.39. The molecule has 1 aromatic heterocycles. The third kappa shape index (κ3) is 3.15. The molecule has 21 heavy (non-hydrogen) atoms. The molecular weight excluding hydrogens is 369 g/mol. The molecule has 110 valence electrons. The summed E-state index contributed by atoms with van der Waals surface area (Å²) in [5, 5.41) is 0. The maximum absolute atomic E-state index is 14.5. The van der Waals surface area contributed by atoms with Crippen LogP contribution in [-0.2, 0) is 0 Å². The van der Waals surface area contributed by atoms with Crippen molar-refractivity contribution < 1.29 is 8.97 Å². The van der Waals surface area contributed by atoms with Gasteiger partial charge in [0.15, 0.2) is 0 Å². The van der Waals surface area contributed by atoms with Gasteiger partial charge in [0.1, 0.15) is 19.9 Å². The van der Waals surface area contributed by atoms with Crippen LogP contribution in [0.1, 0.15) is 16.7 Å². The molecule has 1 aromatic rings. The van der Waals surface area contributed by atoms with Gasteiger partial charge in [-0.3, -0.25) is 0 Å². The van der Waals surface area contributed by atoms with Gasteiger partial charge < -0.3 is 0 Å². The predicted molar refractivity (Wildman–Crippen MR) is 98.2 cm³/mol. The Bertz CT molecular complexity index is 731. The maximum Gasteiger partial charge on any atom is 0.219 e. The SMILES string of the molecule is C=C1C(Br)=CC(F)=C(c2ccc(C(S)=CC)s2)C1=[N+](C)C. The van der Waals surface area contributed by atoms with Gasteiger partial charge in [-0.1, -0.05) is 12.7 Å². The molecule has 0 atom stereocenters. The second kappa shape index (κ2) is 6.46. The van der Waals surface area contributed by atoms with Gasteiger partial charge >= 0.3 is 0 Å². The highest BCUT2D eigenvalue weighted by atomic mass is 79.9. The average molecular weight is 385 g/mol. The van der Waals surface area contributed by atoms with Crippen LogP contribution in [0.25, 0.3) is 10.5 Å². The number of nitrogens with zero attached hydrogens (tertiary/aromatic N) is 1. The van der Waals surface area contributed by atoms with Gasteiger partial charge in [-0.05, 0) is 41.1 Å². The molecular formula is C16H16BrFNS2+. The number of allylic oxidation sites excluding steroid dienone is 6. The highest BCUT2D eigenvalue weighted by Crippen LogP contribution is 2.39. The topological polar surface area (TPSA) is 3.01 Å². The average Bonchev–Trinajstić information content (AvgIpc) is 2.90. The van der Waals surface area contributed by atoms with E-state index in [0.29, 0.717) is 10.1 Å². The summed E-state index contributed by atoms with van der Waals surface area (Å²) in [6, 6.07) is 3.89.